The molecular formula is C15H17FN4O2. The van der Waals surface area contributed by atoms with Crippen molar-refractivity contribution in [3.8, 4) is 0 Å². The first kappa shape index (κ1) is 14.5. The number of para-hydroxylation sites is 1. The summed E-state index contributed by atoms with van der Waals surface area (Å²) in [5.41, 5.74) is 0.884. The summed E-state index contributed by atoms with van der Waals surface area (Å²) in [6, 6.07) is 6.45. The van der Waals surface area contributed by atoms with Crippen LogP contribution in [0.4, 0.5) is 10.1 Å². The molecule has 0 aliphatic carbocycles. The standard InChI is InChI=1S/C15H17FN4O2/c16-11-3-1-2-4-13(11)20-6-5-10(8-20)19-15(22)14(21)12-7-17-9-18-12/h1-4,7,9-10,14,21H,5-6,8H2,(H,17,18)(H,19,22). The van der Waals surface area contributed by atoms with E-state index in [0.717, 1.165) is 0 Å². The van der Waals surface area contributed by atoms with E-state index in [0.29, 0.717) is 30.9 Å². The van der Waals surface area contributed by atoms with Crippen LogP contribution in [0.2, 0.25) is 0 Å². The van der Waals surface area contributed by atoms with Crippen molar-refractivity contribution >= 4 is 11.6 Å². The van der Waals surface area contributed by atoms with E-state index in [2.05, 4.69) is 15.3 Å². The Bertz CT molecular complexity index is 647. The highest BCUT2D eigenvalue weighted by Gasteiger charge is 2.28. The summed E-state index contributed by atoms with van der Waals surface area (Å²) in [6.07, 6.45) is 2.24. The van der Waals surface area contributed by atoms with E-state index in [1.165, 1.54) is 18.6 Å². The van der Waals surface area contributed by atoms with Crippen molar-refractivity contribution < 1.29 is 14.3 Å². The highest BCUT2D eigenvalue weighted by molar-refractivity contribution is 5.81. The summed E-state index contributed by atoms with van der Waals surface area (Å²) in [7, 11) is 0. The van der Waals surface area contributed by atoms with E-state index in [-0.39, 0.29) is 11.9 Å². The molecule has 1 saturated heterocycles. The predicted molar refractivity (Wildman–Crippen MR) is 78.7 cm³/mol. The summed E-state index contributed by atoms with van der Waals surface area (Å²) in [6.45, 7) is 1.18. The van der Waals surface area contributed by atoms with Crippen LogP contribution in [0.15, 0.2) is 36.8 Å². The van der Waals surface area contributed by atoms with Crippen LogP contribution in [0.25, 0.3) is 0 Å². The number of aliphatic hydroxyl groups is 1. The van der Waals surface area contributed by atoms with E-state index in [1.807, 2.05) is 4.90 Å². The molecule has 7 heteroatoms. The minimum absolute atomic E-state index is 0.121. The molecular weight excluding hydrogens is 287 g/mol. The first-order chi connectivity index (χ1) is 10.6. The molecule has 116 valence electrons. The van der Waals surface area contributed by atoms with Gasteiger partial charge in [0, 0.05) is 19.1 Å². The number of rotatable bonds is 4. The maximum absolute atomic E-state index is 13.8. The number of hydrogen-bond donors (Lipinski definition) is 3. The number of imidazole rings is 1. The van der Waals surface area contributed by atoms with Gasteiger partial charge in [0.25, 0.3) is 5.91 Å². The van der Waals surface area contributed by atoms with Gasteiger partial charge in [-0.25, -0.2) is 9.37 Å². The molecule has 2 unspecified atom stereocenters. The largest absolute Gasteiger partial charge is 0.377 e. The summed E-state index contributed by atoms with van der Waals surface area (Å²) >= 11 is 0. The number of benzene rings is 1. The van der Waals surface area contributed by atoms with Crippen molar-refractivity contribution in [1.29, 1.82) is 0 Å². The molecule has 0 radical (unpaired) electrons. The lowest BCUT2D eigenvalue weighted by atomic mass is 10.2. The van der Waals surface area contributed by atoms with Gasteiger partial charge in [0.05, 0.1) is 23.9 Å². The van der Waals surface area contributed by atoms with Gasteiger partial charge in [-0.2, -0.15) is 0 Å². The van der Waals surface area contributed by atoms with Crippen molar-refractivity contribution in [2.75, 3.05) is 18.0 Å². The van der Waals surface area contributed by atoms with Gasteiger partial charge in [-0.05, 0) is 18.6 Å². The molecule has 2 atom stereocenters. The Hall–Kier alpha value is -2.41. The number of aromatic amines is 1. The second kappa shape index (κ2) is 6.15. The Morgan fingerprint density at radius 3 is 3.05 bits per heavy atom. The molecule has 0 saturated carbocycles. The normalized spacial score (nSPS) is 19.2. The van der Waals surface area contributed by atoms with E-state index in [9.17, 15) is 14.3 Å². The maximum atomic E-state index is 13.8. The Balaban J connectivity index is 1.59. The van der Waals surface area contributed by atoms with Gasteiger partial charge >= 0.3 is 0 Å². The van der Waals surface area contributed by atoms with Crippen molar-refractivity contribution in [2.24, 2.45) is 0 Å². The van der Waals surface area contributed by atoms with Gasteiger partial charge < -0.3 is 20.3 Å². The molecule has 22 heavy (non-hydrogen) atoms. The number of halogens is 1. The number of carbonyl (C=O) groups excluding carboxylic acids is 1. The highest BCUT2D eigenvalue weighted by Crippen LogP contribution is 2.23. The van der Waals surface area contributed by atoms with Gasteiger partial charge in [-0.1, -0.05) is 12.1 Å². The third kappa shape index (κ3) is 2.94. The minimum atomic E-state index is -1.27. The van der Waals surface area contributed by atoms with Crippen LogP contribution in [-0.2, 0) is 4.79 Å². The zero-order valence-electron chi connectivity index (χ0n) is 11.9. The van der Waals surface area contributed by atoms with Gasteiger partial charge in [-0.15, -0.1) is 0 Å². The monoisotopic (exact) mass is 304 g/mol. The Morgan fingerprint density at radius 2 is 2.32 bits per heavy atom. The third-order valence-electron chi connectivity index (χ3n) is 3.79. The number of H-pyrrole nitrogens is 1. The second-order valence-electron chi connectivity index (χ2n) is 5.30. The average Bonchev–Trinajstić information content (AvgIpc) is 3.18. The van der Waals surface area contributed by atoms with Crippen LogP contribution < -0.4 is 10.2 Å². The molecule has 2 aromatic rings. The molecule has 1 aromatic carbocycles. The van der Waals surface area contributed by atoms with Crippen LogP contribution >= 0.6 is 0 Å². The predicted octanol–water partition coefficient (Wildman–Crippen LogP) is 0.977. The van der Waals surface area contributed by atoms with Gasteiger partial charge in [0.2, 0.25) is 0 Å². The van der Waals surface area contributed by atoms with Crippen LogP contribution in [-0.4, -0.2) is 40.1 Å². The first-order valence-electron chi connectivity index (χ1n) is 7.11. The number of nitrogens with one attached hydrogen (secondary N) is 2. The van der Waals surface area contributed by atoms with Gasteiger partial charge in [-0.3, -0.25) is 4.79 Å². The van der Waals surface area contributed by atoms with Crippen LogP contribution in [0.5, 0.6) is 0 Å². The summed E-state index contributed by atoms with van der Waals surface area (Å²) in [5.74, 6) is -0.753. The van der Waals surface area contributed by atoms with Crippen LogP contribution in [0.3, 0.4) is 0 Å². The van der Waals surface area contributed by atoms with E-state index >= 15 is 0 Å². The number of hydrogen-bond acceptors (Lipinski definition) is 4. The molecule has 0 spiro atoms. The van der Waals surface area contributed by atoms with Crippen molar-refractivity contribution in [3.05, 3.63) is 48.3 Å². The Labute approximate surface area is 127 Å². The van der Waals surface area contributed by atoms with Crippen LogP contribution in [0, 0.1) is 5.82 Å². The van der Waals surface area contributed by atoms with Crippen LogP contribution in [0.1, 0.15) is 18.2 Å². The van der Waals surface area contributed by atoms with Crippen molar-refractivity contribution in [3.63, 3.8) is 0 Å². The molecule has 1 fully saturated rings. The van der Waals surface area contributed by atoms with Crippen molar-refractivity contribution in [2.45, 2.75) is 18.6 Å². The third-order valence-corrected chi connectivity index (χ3v) is 3.79. The van der Waals surface area contributed by atoms with E-state index in [4.69, 9.17) is 0 Å². The second-order valence-corrected chi connectivity index (χ2v) is 5.30. The number of carbonyl (C=O) groups is 1. The Morgan fingerprint density at radius 1 is 1.50 bits per heavy atom. The fourth-order valence-corrected chi connectivity index (χ4v) is 2.64. The molecule has 3 rings (SSSR count). The molecule has 1 aliphatic heterocycles. The molecule has 6 nitrogen and oxygen atoms in total. The average molecular weight is 304 g/mol. The number of aliphatic hydroxyl groups excluding tert-OH is 1. The highest BCUT2D eigenvalue weighted by atomic mass is 19.1. The summed E-state index contributed by atoms with van der Waals surface area (Å²) < 4.78 is 13.8. The van der Waals surface area contributed by atoms with E-state index in [1.54, 1.807) is 18.2 Å². The van der Waals surface area contributed by atoms with E-state index < -0.39 is 12.0 Å². The zero-order valence-corrected chi connectivity index (χ0v) is 11.9. The van der Waals surface area contributed by atoms with Crippen molar-refractivity contribution in [1.82, 2.24) is 15.3 Å². The summed E-state index contributed by atoms with van der Waals surface area (Å²) in [4.78, 5) is 20.4. The van der Waals surface area contributed by atoms with Gasteiger partial charge in [0.15, 0.2) is 6.10 Å². The molecule has 1 amide bonds. The SMILES string of the molecule is O=C(NC1CCN(c2ccccc2F)C1)C(O)c1cnc[nH]1. The molecule has 1 aromatic heterocycles. The smallest absolute Gasteiger partial charge is 0.255 e. The quantitative estimate of drug-likeness (QED) is 0.786. The zero-order chi connectivity index (χ0) is 15.5. The number of anilines is 1. The fourth-order valence-electron chi connectivity index (χ4n) is 2.64. The maximum Gasteiger partial charge on any atom is 0.255 e. The first-order valence-corrected chi connectivity index (χ1v) is 7.11. The molecule has 1 aliphatic rings. The Kier molecular flexibility index (Phi) is 4.06. The number of aromatic nitrogens is 2. The minimum Gasteiger partial charge on any atom is -0.377 e. The fraction of sp³-hybridized carbons (Fsp3) is 0.333. The molecule has 0 bridgehead atoms. The molecule has 3 N–H and O–H groups in total. The lowest BCUT2D eigenvalue weighted by molar-refractivity contribution is -0.130. The number of amides is 1. The lowest BCUT2D eigenvalue weighted by Crippen LogP contribution is -2.40. The van der Waals surface area contributed by atoms with Gasteiger partial charge in [0.1, 0.15) is 5.82 Å². The number of nitrogens with zero attached hydrogens (tertiary/aromatic N) is 2. The lowest BCUT2D eigenvalue weighted by Gasteiger charge is -2.20. The topological polar surface area (TPSA) is 81.2 Å². The molecule has 2 heterocycles. The summed E-state index contributed by atoms with van der Waals surface area (Å²) in [5, 5.41) is 12.7.